The molecule has 3 heteroatoms. The van der Waals surface area contributed by atoms with E-state index in [0.717, 1.165) is 12.5 Å². The molecule has 84 valence electrons. The Labute approximate surface area is 93.0 Å². The van der Waals surface area contributed by atoms with Crippen molar-refractivity contribution in [3.63, 3.8) is 0 Å². The summed E-state index contributed by atoms with van der Waals surface area (Å²) in [5.74, 6) is 3.47. The Balaban J connectivity index is 2.72. The molecule has 0 spiro atoms. The van der Waals surface area contributed by atoms with Gasteiger partial charge in [0.2, 0.25) is 0 Å². The Morgan fingerprint density at radius 2 is 2.07 bits per heavy atom. The lowest BCUT2D eigenvalue weighted by molar-refractivity contribution is -0.0665. The summed E-state index contributed by atoms with van der Waals surface area (Å²) in [5, 5.41) is 3.15. The molecule has 1 aliphatic heterocycles. The second-order valence-electron chi connectivity index (χ2n) is 5.13. The van der Waals surface area contributed by atoms with Crippen molar-refractivity contribution in [1.82, 2.24) is 10.2 Å². The van der Waals surface area contributed by atoms with Gasteiger partial charge >= 0.3 is 0 Å². The lowest BCUT2D eigenvalue weighted by atomic mass is 9.65. The molecule has 1 heterocycles. The van der Waals surface area contributed by atoms with Crippen molar-refractivity contribution in [2.24, 2.45) is 10.4 Å². The van der Waals surface area contributed by atoms with Crippen LogP contribution in [-0.4, -0.2) is 36.5 Å². The number of terminal acetylenes is 1. The Kier molecular flexibility index (Phi) is 2.99. The highest BCUT2D eigenvalue weighted by Crippen LogP contribution is 2.46. The van der Waals surface area contributed by atoms with E-state index >= 15 is 0 Å². The van der Waals surface area contributed by atoms with Crippen molar-refractivity contribution in [2.75, 3.05) is 20.1 Å². The first-order valence-electron chi connectivity index (χ1n) is 5.28. The summed E-state index contributed by atoms with van der Waals surface area (Å²) in [6, 6.07) is 0. The minimum Gasteiger partial charge on any atom is -0.345 e. The maximum absolute atomic E-state index is 5.23. The fourth-order valence-corrected chi connectivity index (χ4v) is 1.83. The molecule has 0 aromatic carbocycles. The number of rotatable bonds is 1. The van der Waals surface area contributed by atoms with E-state index in [4.69, 9.17) is 6.42 Å². The molecule has 15 heavy (non-hydrogen) atoms. The van der Waals surface area contributed by atoms with Crippen LogP contribution in [0.25, 0.3) is 0 Å². The Morgan fingerprint density at radius 1 is 1.47 bits per heavy atom. The van der Waals surface area contributed by atoms with Crippen molar-refractivity contribution < 1.29 is 0 Å². The standard InChI is InChI=1S/C12H21N3/c1-7-8-14-10(13-6)15-9-11(2,3)12(15,4)5/h1H,8-9H2,2-6H3,(H,13,14). The van der Waals surface area contributed by atoms with E-state index in [2.05, 4.69) is 48.8 Å². The highest BCUT2D eigenvalue weighted by atomic mass is 15.4. The zero-order valence-electron chi connectivity index (χ0n) is 10.4. The van der Waals surface area contributed by atoms with Gasteiger partial charge in [-0.15, -0.1) is 6.42 Å². The Bertz CT molecular complexity index is 307. The average molecular weight is 207 g/mol. The first-order chi connectivity index (χ1) is 6.86. The van der Waals surface area contributed by atoms with E-state index in [1.807, 2.05) is 0 Å². The number of nitrogens with zero attached hydrogens (tertiary/aromatic N) is 2. The summed E-state index contributed by atoms with van der Waals surface area (Å²) in [6.07, 6.45) is 5.23. The predicted molar refractivity (Wildman–Crippen MR) is 64.8 cm³/mol. The van der Waals surface area contributed by atoms with E-state index in [1.54, 1.807) is 7.05 Å². The maximum Gasteiger partial charge on any atom is 0.194 e. The summed E-state index contributed by atoms with van der Waals surface area (Å²) >= 11 is 0. The molecule has 1 saturated heterocycles. The molecule has 1 fully saturated rings. The molecule has 0 saturated carbocycles. The molecule has 1 N–H and O–H groups in total. The van der Waals surface area contributed by atoms with Crippen LogP contribution in [-0.2, 0) is 0 Å². The zero-order valence-corrected chi connectivity index (χ0v) is 10.4. The molecule has 0 radical (unpaired) electrons. The van der Waals surface area contributed by atoms with Gasteiger partial charge in [0.25, 0.3) is 0 Å². The molecule has 0 bridgehead atoms. The van der Waals surface area contributed by atoms with Crippen LogP contribution < -0.4 is 5.32 Å². The summed E-state index contributed by atoms with van der Waals surface area (Å²) < 4.78 is 0. The van der Waals surface area contributed by atoms with Crippen molar-refractivity contribution in [1.29, 1.82) is 0 Å². The molecule has 0 amide bonds. The van der Waals surface area contributed by atoms with Crippen molar-refractivity contribution >= 4 is 5.96 Å². The largest absolute Gasteiger partial charge is 0.345 e. The fraction of sp³-hybridized carbons (Fsp3) is 0.750. The van der Waals surface area contributed by atoms with Gasteiger partial charge in [-0.2, -0.15) is 0 Å². The summed E-state index contributed by atoms with van der Waals surface area (Å²) in [4.78, 5) is 6.51. The molecule has 0 aliphatic carbocycles. The van der Waals surface area contributed by atoms with Gasteiger partial charge in [-0.1, -0.05) is 19.8 Å². The van der Waals surface area contributed by atoms with Crippen LogP contribution in [0.4, 0.5) is 0 Å². The Hall–Kier alpha value is -1.17. The van der Waals surface area contributed by atoms with Crippen molar-refractivity contribution in [3.8, 4) is 12.3 Å². The molecule has 0 unspecified atom stereocenters. The van der Waals surface area contributed by atoms with Gasteiger partial charge < -0.3 is 10.2 Å². The quantitative estimate of drug-likeness (QED) is 0.399. The summed E-state index contributed by atoms with van der Waals surface area (Å²) in [6.45, 7) is 10.6. The first kappa shape index (κ1) is 11.9. The van der Waals surface area contributed by atoms with Crippen LogP contribution in [0.1, 0.15) is 27.7 Å². The Morgan fingerprint density at radius 3 is 2.40 bits per heavy atom. The van der Waals surface area contributed by atoms with Crippen LogP contribution in [0.15, 0.2) is 4.99 Å². The van der Waals surface area contributed by atoms with E-state index in [1.165, 1.54) is 0 Å². The molecular formula is C12H21N3. The topological polar surface area (TPSA) is 27.6 Å². The van der Waals surface area contributed by atoms with Gasteiger partial charge in [-0.25, -0.2) is 0 Å². The van der Waals surface area contributed by atoms with Crippen LogP contribution in [0.2, 0.25) is 0 Å². The SMILES string of the molecule is C#CCNC(=NC)N1CC(C)(C)C1(C)C. The van der Waals surface area contributed by atoms with Crippen LogP contribution in [0, 0.1) is 17.8 Å². The monoisotopic (exact) mass is 207 g/mol. The van der Waals surface area contributed by atoms with E-state index in [-0.39, 0.29) is 5.54 Å². The van der Waals surface area contributed by atoms with Gasteiger partial charge in [-0.05, 0) is 13.8 Å². The number of aliphatic imine (C=N–C) groups is 1. The fourth-order valence-electron chi connectivity index (χ4n) is 1.83. The second-order valence-corrected chi connectivity index (χ2v) is 5.13. The van der Waals surface area contributed by atoms with E-state index in [0.29, 0.717) is 12.0 Å². The zero-order chi connectivity index (χ0) is 11.7. The van der Waals surface area contributed by atoms with Gasteiger partial charge in [-0.3, -0.25) is 4.99 Å². The summed E-state index contributed by atoms with van der Waals surface area (Å²) in [5.41, 5.74) is 0.449. The lowest BCUT2D eigenvalue weighted by Crippen LogP contribution is -2.72. The third kappa shape index (κ3) is 1.81. The second kappa shape index (κ2) is 3.77. The molecule has 0 aromatic rings. The minimum atomic E-state index is 0.128. The normalized spacial score (nSPS) is 22.9. The highest BCUT2D eigenvalue weighted by Gasteiger charge is 2.53. The molecular weight excluding hydrogens is 186 g/mol. The minimum absolute atomic E-state index is 0.128. The number of guanidine groups is 1. The number of hydrogen-bond donors (Lipinski definition) is 1. The maximum atomic E-state index is 5.23. The third-order valence-corrected chi connectivity index (χ3v) is 3.70. The van der Waals surface area contributed by atoms with Crippen molar-refractivity contribution in [3.05, 3.63) is 0 Å². The third-order valence-electron chi connectivity index (χ3n) is 3.70. The summed E-state index contributed by atoms with van der Waals surface area (Å²) in [7, 11) is 1.79. The molecule has 3 nitrogen and oxygen atoms in total. The molecule has 1 aliphatic rings. The van der Waals surface area contributed by atoms with Gasteiger partial charge in [0.15, 0.2) is 5.96 Å². The smallest absolute Gasteiger partial charge is 0.194 e. The average Bonchev–Trinajstić information content (AvgIpc) is 2.17. The molecule has 0 atom stereocenters. The van der Waals surface area contributed by atoms with E-state index in [9.17, 15) is 0 Å². The number of likely N-dealkylation sites (tertiary alicyclic amines) is 1. The van der Waals surface area contributed by atoms with Gasteiger partial charge in [0.1, 0.15) is 0 Å². The van der Waals surface area contributed by atoms with Gasteiger partial charge in [0, 0.05) is 24.5 Å². The number of nitrogens with one attached hydrogen (secondary N) is 1. The van der Waals surface area contributed by atoms with Crippen LogP contribution >= 0.6 is 0 Å². The van der Waals surface area contributed by atoms with E-state index < -0.39 is 0 Å². The van der Waals surface area contributed by atoms with Crippen molar-refractivity contribution in [2.45, 2.75) is 33.2 Å². The highest BCUT2D eigenvalue weighted by molar-refractivity contribution is 5.82. The van der Waals surface area contributed by atoms with Crippen LogP contribution in [0.3, 0.4) is 0 Å². The first-order valence-corrected chi connectivity index (χ1v) is 5.28. The molecule has 0 aromatic heterocycles. The molecule has 1 rings (SSSR count). The lowest BCUT2D eigenvalue weighted by Gasteiger charge is -2.62. The van der Waals surface area contributed by atoms with Crippen LogP contribution in [0.5, 0.6) is 0 Å². The van der Waals surface area contributed by atoms with Gasteiger partial charge in [0.05, 0.1) is 6.54 Å². The number of hydrogen-bond acceptors (Lipinski definition) is 1. The predicted octanol–water partition coefficient (Wildman–Crippen LogP) is 1.32.